The molecule has 11 heavy (non-hydrogen) atoms. The van der Waals surface area contributed by atoms with Gasteiger partial charge in [0.1, 0.15) is 0 Å². The van der Waals surface area contributed by atoms with Gasteiger partial charge in [-0.2, -0.15) is 0 Å². The predicted molar refractivity (Wildman–Crippen MR) is 48.5 cm³/mol. The van der Waals surface area contributed by atoms with Gasteiger partial charge >= 0.3 is 8.56 Å². The third-order valence-electron chi connectivity index (χ3n) is 2.19. The Hall–Kier alpha value is 0.0969. The number of hydrogen-bond donors (Lipinski definition) is 1. The maximum absolute atomic E-state index is 5.90. The first-order chi connectivity index (χ1) is 5.16. The van der Waals surface area contributed by atoms with E-state index < -0.39 is 8.56 Å². The van der Waals surface area contributed by atoms with E-state index in [9.17, 15) is 0 Å². The van der Waals surface area contributed by atoms with Crippen molar-refractivity contribution in [2.24, 2.45) is 5.73 Å². The van der Waals surface area contributed by atoms with Crippen LogP contribution in [0.25, 0.3) is 0 Å². The second-order valence-electron chi connectivity index (χ2n) is 2.59. The number of nitrogens with two attached hydrogens (primary N) is 1. The Labute approximate surface area is 70.1 Å². The second-order valence-corrected chi connectivity index (χ2v) is 6.48. The molecule has 4 heteroatoms. The maximum Gasteiger partial charge on any atom is 0.354 e. The van der Waals surface area contributed by atoms with E-state index in [0.717, 1.165) is 12.5 Å². The highest BCUT2D eigenvalue weighted by Gasteiger charge is 2.39. The van der Waals surface area contributed by atoms with Crippen LogP contribution in [0.15, 0.2) is 0 Å². The molecule has 0 amide bonds. The molecule has 0 fully saturated rings. The molecular weight excluding hydrogens is 158 g/mol. The Kier molecular flexibility index (Phi) is 4.91. The van der Waals surface area contributed by atoms with Crippen molar-refractivity contribution >= 4 is 8.56 Å². The summed E-state index contributed by atoms with van der Waals surface area (Å²) in [6.07, 6.45) is 0.918. The van der Waals surface area contributed by atoms with E-state index in [0.29, 0.717) is 0 Å². The standard InChI is InChI=1S/C7H19NO2Si/c1-5-7(8)11(6-2,9-3)10-4/h7H,5-6,8H2,1-4H3. The van der Waals surface area contributed by atoms with Crippen molar-refractivity contribution in [1.29, 1.82) is 0 Å². The first-order valence-electron chi connectivity index (χ1n) is 4.02. The van der Waals surface area contributed by atoms with Gasteiger partial charge in [-0.1, -0.05) is 13.8 Å². The molecule has 0 radical (unpaired) electrons. The van der Waals surface area contributed by atoms with Crippen LogP contribution in [0.2, 0.25) is 6.04 Å². The average Bonchev–Trinajstić information content (AvgIpc) is 2.08. The monoisotopic (exact) mass is 177 g/mol. The third-order valence-corrected chi connectivity index (χ3v) is 6.09. The van der Waals surface area contributed by atoms with E-state index in [-0.39, 0.29) is 5.67 Å². The fourth-order valence-corrected chi connectivity index (χ4v) is 3.74. The zero-order valence-corrected chi connectivity index (χ0v) is 8.89. The molecule has 68 valence electrons. The van der Waals surface area contributed by atoms with Crippen molar-refractivity contribution < 1.29 is 8.85 Å². The van der Waals surface area contributed by atoms with Crippen LogP contribution in [-0.2, 0) is 8.85 Å². The van der Waals surface area contributed by atoms with Gasteiger partial charge in [0, 0.05) is 19.9 Å². The van der Waals surface area contributed by atoms with Crippen LogP contribution < -0.4 is 5.73 Å². The number of rotatable bonds is 5. The summed E-state index contributed by atoms with van der Waals surface area (Å²) in [7, 11) is 1.34. The van der Waals surface area contributed by atoms with E-state index in [2.05, 4.69) is 13.8 Å². The van der Waals surface area contributed by atoms with Crippen LogP contribution >= 0.6 is 0 Å². The lowest BCUT2D eigenvalue weighted by molar-refractivity contribution is 0.230. The average molecular weight is 177 g/mol. The fraction of sp³-hybridized carbons (Fsp3) is 1.00. The maximum atomic E-state index is 5.90. The Morgan fingerprint density at radius 2 is 1.73 bits per heavy atom. The zero-order valence-electron chi connectivity index (χ0n) is 7.89. The van der Waals surface area contributed by atoms with Gasteiger partial charge in [0.2, 0.25) is 0 Å². The van der Waals surface area contributed by atoms with Gasteiger partial charge in [-0.25, -0.2) is 0 Å². The minimum Gasteiger partial charge on any atom is -0.397 e. The summed E-state index contributed by atoms with van der Waals surface area (Å²) in [5, 5.41) is 0. The molecule has 0 aliphatic heterocycles. The largest absolute Gasteiger partial charge is 0.397 e. The molecule has 0 aliphatic rings. The predicted octanol–water partition coefficient (Wildman–Crippen LogP) is 1.02. The van der Waals surface area contributed by atoms with Crippen LogP contribution in [0.4, 0.5) is 0 Å². The SMILES string of the molecule is CCC(N)[Si](CC)(OC)OC. The normalized spacial score (nSPS) is 15.0. The highest BCUT2D eigenvalue weighted by Crippen LogP contribution is 2.16. The van der Waals surface area contributed by atoms with E-state index in [1.807, 2.05) is 0 Å². The van der Waals surface area contributed by atoms with Crippen LogP contribution in [-0.4, -0.2) is 28.4 Å². The Bertz CT molecular complexity index is 98.3. The second kappa shape index (κ2) is 4.87. The fourth-order valence-electron chi connectivity index (χ4n) is 1.25. The first kappa shape index (κ1) is 11.1. The van der Waals surface area contributed by atoms with Gasteiger partial charge in [-0.05, 0) is 12.5 Å². The minimum absolute atomic E-state index is 0.0856. The van der Waals surface area contributed by atoms with Crippen molar-refractivity contribution in [3.8, 4) is 0 Å². The van der Waals surface area contributed by atoms with Crippen molar-refractivity contribution in [3.05, 3.63) is 0 Å². The molecule has 0 saturated heterocycles. The molecule has 0 spiro atoms. The Balaban J connectivity index is 4.26. The zero-order chi connectivity index (χ0) is 8.91. The highest BCUT2D eigenvalue weighted by atomic mass is 28.4. The number of hydrogen-bond acceptors (Lipinski definition) is 3. The Morgan fingerprint density at radius 3 is 1.82 bits per heavy atom. The molecule has 0 aliphatic carbocycles. The molecular formula is C7H19NO2Si. The smallest absolute Gasteiger partial charge is 0.354 e. The van der Waals surface area contributed by atoms with Gasteiger partial charge in [0.05, 0.1) is 0 Å². The molecule has 0 saturated carbocycles. The molecule has 0 rings (SSSR count). The van der Waals surface area contributed by atoms with Crippen molar-refractivity contribution in [2.45, 2.75) is 32.0 Å². The van der Waals surface area contributed by atoms with Gasteiger partial charge in [0.25, 0.3) is 0 Å². The van der Waals surface area contributed by atoms with Crippen molar-refractivity contribution in [2.75, 3.05) is 14.2 Å². The quantitative estimate of drug-likeness (QED) is 0.638. The highest BCUT2D eigenvalue weighted by molar-refractivity contribution is 6.68. The van der Waals surface area contributed by atoms with E-state index in [1.165, 1.54) is 0 Å². The lowest BCUT2D eigenvalue weighted by Crippen LogP contribution is -2.55. The van der Waals surface area contributed by atoms with E-state index in [1.54, 1.807) is 14.2 Å². The molecule has 0 bridgehead atoms. The minimum atomic E-state index is -2.04. The molecule has 1 atom stereocenters. The molecule has 3 nitrogen and oxygen atoms in total. The summed E-state index contributed by atoms with van der Waals surface area (Å²) in [6.45, 7) is 4.12. The van der Waals surface area contributed by atoms with Gasteiger partial charge in [0.15, 0.2) is 0 Å². The molecule has 1 unspecified atom stereocenters. The molecule has 0 aromatic rings. The molecule has 0 heterocycles. The van der Waals surface area contributed by atoms with Crippen LogP contribution in [0.5, 0.6) is 0 Å². The summed E-state index contributed by atoms with van der Waals surface area (Å²) in [5.74, 6) is 0. The van der Waals surface area contributed by atoms with Crippen molar-refractivity contribution in [1.82, 2.24) is 0 Å². The lowest BCUT2D eigenvalue weighted by Gasteiger charge is -2.31. The van der Waals surface area contributed by atoms with Crippen LogP contribution in [0, 0.1) is 0 Å². The summed E-state index contributed by atoms with van der Waals surface area (Å²) in [4.78, 5) is 0. The Morgan fingerprint density at radius 1 is 1.27 bits per heavy atom. The van der Waals surface area contributed by atoms with Gasteiger partial charge in [-0.3, -0.25) is 0 Å². The summed E-state index contributed by atoms with van der Waals surface area (Å²) in [6, 6.07) is 0.912. The summed E-state index contributed by atoms with van der Waals surface area (Å²) < 4.78 is 10.8. The van der Waals surface area contributed by atoms with E-state index in [4.69, 9.17) is 14.6 Å². The third kappa shape index (κ3) is 2.26. The summed E-state index contributed by atoms with van der Waals surface area (Å²) >= 11 is 0. The van der Waals surface area contributed by atoms with Gasteiger partial charge < -0.3 is 14.6 Å². The molecule has 0 aromatic heterocycles. The topological polar surface area (TPSA) is 44.5 Å². The first-order valence-corrected chi connectivity index (χ1v) is 6.12. The van der Waals surface area contributed by atoms with E-state index >= 15 is 0 Å². The molecule has 0 aromatic carbocycles. The van der Waals surface area contributed by atoms with Crippen LogP contribution in [0.3, 0.4) is 0 Å². The lowest BCUT2D eigenvalue weighted by atomic mass is 10.5. The summed E-state index contributed by atoms with van der Waals surface area (Å²) in [5.41, 5.74) is 5.98. The van der Waals surface area contributed by atoms with Crippen molar-refractivity contribution in [3.63, 3.8) is 0 Å². The van der Waals surface area contributed by atoms with Gasteiger partial charge in [-0.15, -0.1) is 0 Å². The van der Waals surface area contributed by atoms with Crippen LogP contribution in [0.1, 0.15) is 20.3 Å². The molecule has 2 N–H and O–H groups in total.